The Balaban J connectivity index is 2.04. The van der Waals surface area contributed by atoms with Crippen LogP contribution in [-0.2, 0) is 9.47 Å². The normalized spacial score (nSPS) is 14.8. The van der Waals surface area contributed by atoms with Gasteiger partial charge in [0.2, 0.25) is 12.6 Å². The van der Waals surface area contributed by atoms with Gasteiger partial charge in [0.1, 0.15) is 17.6 Å². The van der Waals surface area contributed by atoms with Crippen molar-refractivity contribution in [2.45, 2.75) is 46.4 Å². The van der Waals surface area contributed by atoms with E-state index in [0.29, 0.717) is 11.5 Å². The molecule has 0 radical (unpaired) electrons. The van der Waals surface area contributed by atoms with Crippen molar-refractivity contribution >= 4 is 0 Å². The first kappa shape index (κ1) is 22.2. The summed E-state index contributed by atoms with van der Waals surface area (Å²) < 4.78 is 22.3. The number of methoxy groups -OCH3 is 2. The summed E-state index contributed by atoms with van der Waals surface area (Å²) >= 11 is 0. The number of hydrogen-bond acceptors (Lipinski definition) is 5. The Morgan fingerprint density at radius 3 is 1.18 bits per heavy atom. The van der Waals surface area contributed by atoms with Crippen LogP contribution in [0.15, 0.2) is 48.5 Å². The van der Waals surface area contributed by atoms with Gasteiger partial charge >= 0.3 is 0 Å². The van der Waals surface area contributed by atoms with Gasteiger partial charge in [0, 0.05) is 26.1 Å². The predicted octanol–water partition coefficient (Wildman–Crippen LogP) is 4.78. The molecule has 0 aliphatic carbocycles. The molecular formula is C23H32O5. The van der Waals surface area contributed by atoms with Crippen LogP contribution in [-0.4, -0.2) is 31.9 Å². The fourth-order valence-corrected chi connectivity index (χ4v) is 2.83. The van der Waals surface area contributed by atoms with E-state index in [2.05, 4.69) is 0 Å². The first-order chi connectivity index (χ1) is 13.3. The van der Waals surface area contributed by atoms with Gasteiger partial charge in [0.25, 0.3) is 0 Å². The van der Waals surface area contributed by atoms with E-state index >= 15 is 0 Å². The molecule has 0 aromatic heterocycles. The van der Waals surface area contributed by atoms with Crippen molar-refractivity contribution in [1.82, 2.24) is 0 Å². The van der Waals surface area contributed by atoms with Crippen molar-refractivity contribution in [3.05, 3.63) is 59.7 Å². The fraction of sp³-hybridized carbons (Fsp3) is 0.478. The quantitative estimate of drug-likeness (QED) is 0.594. The van der Waals surface area contributed by atoms with Crippen LogP contribution < -0.4 is 9.47 Å². The molecule has 0 fully saturated rings. The van der Waals surface area contributed by atoms with Crippen molar-refractivity contribution in [2.24, 2.45) is 11.8 Å². The third-order valence-corrected chi connectivity index (χ3v) is 4.45. The van der Waals surface area contributed by atoms with Crippen LogP contribution in [0.4, 0.5) is 0 Å². The lowest BCUT2D eigenvalue weighted by Gasteiger charge is -2.21. The summed E-state index contributed by atoms with van der Waals surface area (Å²) in [6, 6.07) is 14.8. The summed E-state index contributed by atoms with van der Waals surface area (Å²) in [5, 5.41) is 10.7. The topological polar surface area (TPSA) is 57.2 Å². The first-order valence-corrected chi connectivity index (χ1v) is 9.62. The van der Waals surface area contributed by atoms with Crippen LogP contribution in [0.5, 0.6) is 11.5 Å². The second-order valence-electron chi connectivity index (χ2n) is 7.47. The molecule has 5 nitrogen and oxygen atoms in total. The average Bonchev–Trinajstić information content (AvgIpc) is 2.70. The number of rotatable bonds is 10. The van der Waals surface area contributed by atoms with Gasteiger partial charge in [-0.2, -0.15) is 0 Å². The molecule has 0 heterocycles. The van der Waals surface area contributed by atoms with Crippen molar-refractivity contribution in [3.63, 3.8) is 0 Å². The summed E-state index contributed by atoms with van der Waals surface area (Å²) in [5.41, 5.74) is 1.58. The average molecular weight is 389 g/mol. The Bertz CT molecular complexity index is 632. The Morgan fingerprint density at radius 1 is 0.607 bits per heavy atom. The maximum atomic E-state index is 10.7. The highest BCUT2D eigenvalue weighted by molar-refractivity contribution is 5.36. The maximum Gasteiger partial charge on any atom is 0.201 e. The van der Waals surface area contributed by atoms with E-state index in [1.807, 2.05) is 76.2 Å². The number of ether oxygens (including phenoxy) is 4. The van der Waals surface area contributed by atoms with Gasteiger partial charge in [0.15, 0.2) is 0 Å². The van der Waals surface area contributed by atoms with Gasteiger partial charge in [-0.15, -0.1) is 0 Å². The lowest BCUT2D eigenvalue weighted by Crippen LogP contribution is -2.25. The zero-order chi connectivity index (χ0) is 20.7. The van der Waals surface area contributed by atoms with Crippen LogP contribution in [0.3, 0.4) is 0 Å². The van der Waals surface area contributed by atoms with Crippen LogP contribution in [0, 0.1) is 11.8 Å². The Hall–Kier alpha value is -2.08. The fourth-order valence-electron chi connectivity index (χ4n) is 2.83. The molecule has 2 aromatic carbocycles. The third kappa shape index (κ3) is 5.96. The van der Waals surface area contributed by atoms with Crippen molar-refractivity contribution < 1.29 is 24.1 Å². The number of hydrogen-bond donors (Lipinski definition) is 1. The summed E-state index contributed by atoms with van der Waals surface area (Å²) in [6.45, 7) is 8.15. The molecule has 0 aliphatic heterocycles. The van der Waals surface area contributed by atoms with Crippen LogP contribution >= 0.6 is 0 Å². The van der Waals surface area contributed by atoms with Gasteiger partial charge in [-0.25, -0.2) is 0 Å². The molecule has 0 bridgehead atoms. The molecule has 2 atom stereocenters. The molecule has 2 aromatic rings. The highest BCUT2D eigenvalue weighted by atomic mass is 16.7. The molecule has 1 N–H and O–H groups in total. The monoisotopic (exact) mass is 388 g/mol. The molecule has 28 heavy (non-hydrogen) atoms. The third-order valence-electron chi connectivity index (χ3n) is 4.45. The molecule has 0 spiro atoms. The van der Waals surface area contributed by atoms with Gasteiger partial charge < -0.3 is 24.1 Å². The predicted molar refractivity (Wildman–Crippen MR) is 109 cm³/mol. The van der Waals surface area contributed by atoms with Crippen molar-refractivity contribution in [1.29, 1.82) is 0 Å². The smallest absolute Gasteiger partial charge is 0.201 e. The summed E-state index contributed by atoms with van der Waals surface area (Å²) in [4.78, 5) is 0. The summed E-state index contributed by atoms with van der Waals surface area (Å²) in [7, 11) is 3.26. The van der Waals surface area contributed by atoms with Crippen LogP contribution in [0.2, 0.25) is 0 Å². The molecule has 0 amide bonds. The van der Waals surface area contributed by atoms with Gasteiger partial charge in [-0.05, 0) is 35.4 Å². The summed E-state index contributed by atoms with van der Waals surface area (Å²) in [6.07, 6.45) is -1.33. The lowest BCUT2D eigenvalue weighted by atomic mass is 10.0. The van der Waals surface area contributed by atoms with E-state index in [1.165, 1.54) is 0 Å². The molecule has 5 heteroatoms. The minimum absolute atomic E-state index is 0.240. The Labute approximate surface area is 168 Å². The van der Waals surface area contributed by atoms with Crippen LogP contribution in [0.1, 0.15) is 44.9 Å². The highest BCUT2D eigenvalue weighted by Gasteiger charge is 2.16. The first-order valence-electron chi connectivity index (χ1n) is 9.62. The number of aliphatic hydroxyl groups is 1. The second kappa shape index (κ2) is 10.5. The summed E-state index contributed by atoms with van der Waals surface area (Å²) in [5.74, 6) is 1.90. The maximum absolute atomic E-state index is 10.7. The molecule has 0 saturated carbocycles. The van der Waals surface area contributed by atoms with Gasteiger partial charge in [0.05, 0.1) is 0 Å². The SMILES string of the molecule is COC(Oc1ccc(C(O)c2ccc(OC(OC)C(C)C)cc2)cc1)C(C)C. The molecule has 0 saturated heterocycles. The van der Waals surface area contributed by atoms with Crippen molar-refractivity contribution in [2.75, 3.05) is 14.2 Å². The Morgan fingerprint density at radius 2 is 0.929 bits per heavy atom. The number of aliphatic hydroxyl groups excluding tert-OH is 1. The second-order valence-corrected chi connectivity index (χ2v) is 7.47. The molecular weight excluding hydrogens is 356 g/mol. The highest BCUT2D eigenvalue weighted by Crippen LogP contribution is 2.27. The number of benzene rings is 2. The van der Waals surface area contributed by atoms with Gasteiger partial charge in [-0.1, -0.05) is 52.0 Å². The van der Waals surface area contributed by atoms with Gasteiger partial charge in [-0.3, -0.25) is 0 Å². The van der Waals surface area contributed by atoms with E-state index < -0.39 is 6.10 Å². The minimum atomic E-state index is -0.727. The minimum Gasteiger partial charge on any atom is -0.465 e. The molecule has 2 unspecified atom stereocenters. The standard InChI is InChI=1S/C23H32O5/c1-15(2)22(25-5)27-19-11-7-17(8-12-19)21(24)18-9-13-20(14-10-18)28-23(26-6)16(3)4/h7-16,21-24H,1-6H3. The Kier molecular flexibility index (Phi) is 8.30. The van der Waals surface area contributed by atoms with E-state index in [9.17, 15) is 5.11 Å². The van der Waals surface area contributed by atoms with Crippen molar-refractivity contribution in [3.8, 4) is 11.5 Å². The molecule has 2 rings (SSSR count). The van der Waals surface area contributed by atoms with E-state index in [4.69, 9.17) is 18.9 Å². The molecule has 0 aliphatic rings. The van der Waals surface area contributed by atoms with E-state index in [-0.39, 0.29) is 24.4 Å². The zero-order valence-electron chi connectivity index (χ0n) is 17.6. The largest absolute Gasteiger partial charge is 0.465 e. The molecule has 154 valence electrons. The lowest BCUT2D eigenvalue weighted by molar-refractivity contribution is -0.0835. The van der Waals surface area contributed by atoms with E-state index in [1.54, 1.807) is 14.2 Å². The van der Waals surface area contributed by atoms with Crippen LogP contribution in [0.25, 0.3) is 0 Å². The zero-order valence-corrected chi connectivity index (χ0v) is 17.6. The van der Waals surface area contributed by atoms with E-state index in [0.717, 1.165) is 11.1 Å².